The lowest BCUT2D eigenvalue weighted by atomic mass is 9.72. The third kappa shape index (κ3) is 1.00. The maximum Gasteiger partial charge on any atom is 0.159 e. The van der Waals surface area contributed by atoms with Crippen molar-refractivity contribution in [2.75, 3.05) is 13.4 Å². The van der Waals surface area contributed by atoms with Crippen LogP contribution in [0.1, 0.15) is 20.3 Å². The molecule has 0 N–H and O–H groups in total. The SMILES string of the molecule is CC1(C)C2C=CC(=O)C2CC12COCO2. The molecule has 1 aliphatic heterocycles. The van der Waals surface area contributed by atoms with E-state index >= 15 is 0 Å². The van der Waals surface area contributed by atoms with Crippen molar-refractivity contribution in [3.63, 3.8) is 0 Å². The maximum absolute atomic E-state index is 11.7. The minimum atomic E-state index is -0.233. The highest BCUT2D eigenvalue weighted by molar-refractivity contribution is 5.95. The molecule has 0 aromatic carbocycles. The van der Waals surface area contributed by atoms with Gasteiger partial charge in [0.2, 0.25) is 0 Å². The molecule has 82 valence electrons. The Morgan fingerprint density at radius 1 is 1.47 bits per heavy atom. The Bertz CT molecular complexity index is 337. The molecule has 3 rings (SSSR count). The Labute approximate surface area is 89.4 Å². The predicted molar refractivity (Wildman–Crippen MR) is 54.2 cm³/mol. The molecule has 3 aliphatic rings. The number of rotatable bonds is 0. The smallest absolute Gasteiger partial charge is 0.159 e. The molecule has 0 radical (unpaired) electrons. The molecule has 2 fully saturated rings. The Kier molecular flexibility index (Phi) is 1.73. The summed E-state index contributed by atoms with van der Waals surface area (Å²) in [6, 6.07) is 0. The van der Waals surface area contributed by atoms with Crippen LogP contribution in [0.4, 0.5) is 0 Å². The van der Waals surface area contributed by atoms with Crippen molar-refractivity contribution in [3.8, 4) is 0 Å². The number of hydrogen-bond acceptors (Lipinski definition) is 3. The lowest BCUT2D eigenvalue weighted by Gasteiger charge is -2.38. The third-order valence-corrected chi connectivity index (χ3v) is 4.58. The Balaban J connectivity index is 2.01. The summed E-state index contributed by atoms with van der Waals surface area (Å²) < 4.78 is 11.2. The fourth-order valence-corrected chi connectivity index (χ4v) is 3.42. The lowest BCUT2D eigenvalue weighted by Crippen LogP contribution is -2.44. The number of fused-ring (bicyclic) bond motifs is 1. The Morgan fingerprint density at radius 3 is 2.87 bits per heavy atom. The van der Waals surface area contributed by atoms with Gasteiger partial charge in [-0.05, 0) is 18.4 Å². The van der Waals surface area contributed by atoms with Gasteiger partial charge in [0.05, 0.1) is 6.61 Å². The summed E-state index contributed by atoms with van der Waals surface area (Å²) in [4.78, 5) is 11.7. The molecule has 0 bridgehead atoms. The molecule has 15 heavy (non-hydrogen) atoms. The number of ether oxygens (including phenoxy) is 2. The van der Waals surface area contributed by atoms with Crippen LogP contribution in [0.2, 0.25) is 0 Å². The quantitative estimate of drug-likeness (QED) is 0.605. The monoisotopic (exact) mass is 208 g/mol. The van der Waals surface area contributed by atoms with Crippen LogP contribution >= 0.6 is 0 Å². The summed E-state index contributed by atoms with van der Waals surface area (Å²) in [5.41, 5.74) is -0.237. The van der Waals surface area contributed by atoms with Crippen LogP contribution in [0, 0.1) is 17.3 Å². The van der Waals surface area contributed by atoms with Gasteiger partial charge in [0.15, 0.2) is 5.78 Å². The van der Waals surface area contributed by atoms with E-state index < -0.39 is 0 Å². The number of hydrogen-bond donors (Lipinski definition) is 0. The highest BCUT2D eigenvalue weighted by atomic mass is 16.7. The third-order valence-electron chi connectivity index (χ3n) is 4.58. The molecule has 1 saturated heterocycles. The first-order chi connectivity index (χ1) is 7.07. The van der Waals surface area contributed by atoms with Gasteiger partial charge in [0, 0.05) is 11.3 Å². The zero-order chi connectivity index (χ0) is 10.7. The van der Waals surface area contributed by atoms with Crippen molar-refractivity contribution in [1.29, 1.82) is 0 Å². The molecule has 1 spiro atoms. The van der Waals surface area contributed by atoms with E-state index in [0.717, 1.165) is 6.42 Å². The second-order valence-corrected chi connectivity index (χ2v) is 5.42. The normalized spacial score (nSPS) is 46.7. The minimum absolute atomic E-state index is 0.00315. The molecular weight excluding hydrogens is 192 g/mol. The van der Waals surface area contributed by atoms with Gasteiger partial charge in [-0.3, -0.25) is 4.79 Å². The maximum atomic E-state index is 11.7. The summed E-state index contributed by atoms with van der Waals surface area (Å²) in [7, 11) is 0. The number of ketones is 1. The molecule has 1 heterocycles. The molecule has 0 aromatic heterocycles. The zero-order valence-electron chi connectivity index (χ0n) is 9.16. The van der Waals surface area contributed by atoms with Crippen molar-refractivity contribution in [2.24, 2.45) is 17.3 Å². The largest absolute Gasteiger partial charge is 0.352 e. The first-order valence-electron chi connectivity index (χ1n) is 5.51. The van der Waals surface area contributed by atoms with E-state index in [4.69, 9.17) is 9.47 Å². The van der Waals surface area contributed by atoms with E-state index in [9.17, 15) is 4.79 Å². The first kappa shape index (κ1) is 9.55. The number of carbonyl (C=O) groups excluding carboxylic acids is 1. The molecule has 0 aromatic rings. The van der Waals surface area contributed by atoms with Gasteiger partial charge in [-0.15, -0.1) is 0 Å². The van der Waals surface area contributed by atoms with Gasteiger partial charge in [-0.25, -0.2) is 0 Å². The van der Waals surface area contributed by atoms with Crippen LogP contribution < -0.4 is 0 Å². The van der Waals surface area contributed by atoms with Crippen LogP contribution in [0.5, 0.6) is 0 Å². The molecule has 0 amide bonds. The second kappa shape index (κ2) is 2.71. The lowest BCUT2D eigenvalue weighted by molar-refractivity contribution is -0.118. The summed E-state index contributed by atoms with van der Waals surface area (Å²) in [6.45, 7) is 5.39. The van der Waals surface area contributed by atoms with Crippen molar-refractivity contribution in [2.45, 2.75) is 25.9 Å². The van der Waals surface area contributed by atoms with Crippen LogP contribution in [-0.4, -0.2) is 24.8 Å². The van der Waals surface area contributed by atoms with E-state index in [1.807, 2.05) is 0 Å². The van der Waals surface area contributed by atoms with Crippen LogP contribution in [0.3, 0.4) is 0 Å². The van der Waals surface area contributed by atoms with E-state index in [1.54, 1.807) is 6.08 Å². The van der Waals surface area contributed by atoms with E-state index in [1.165, 1.54) is 0 Å². The fourth-order valence-electron chi connectivity index (χ4n) is 3.42. The summed E-state index contributed by atoms with van der Waals surface area (Å²) in [5, 5.41) is 0. The molecule has 3 atom stereocenters. The molecule has 3 unspecified atom stereocenters. The summed E-state index contributed by atoms with van der Waals surface area (Å²) in [5.74, 6) is 0.717. The summed E-state index contributed by atoms with van der Waals surface area (Å²) >= 11 is 0. The van der Waals surface area contributed by atoms with Crippen molar-refractivity contribution in [1.82, 2.24) is 0 Å². The van der Waals surface area contributed by atoms with Crippen LogP contribution in [0.25, 0.3) is 0 Å². The average Bonchev–Trinajstić information content (AvgIpc) is 2.81. The Morgan fingerprint density at radius 2 is 2.27 bits per heavy atom. The highest BCUT2D eigenvalue weighted by Crippen LogP contribution is 2.58. The van der Waals surface area contributed by atoms with Gasteiger partial charge in [-0.1, -0.05) is 19.9 Å². The minimum Gasteiger partial charge on any atom is -0.352 e. The van der Waals surface area contributed by atoms with Gasteiger partial charge in [0.1, 0.15) is 12.4 Å². The topological polar surface area (TPSA) is 35.5 Å². The van der Waals surface area contributed by atoms with Crippen LogP contribution in [0.15, 0.2) is 12.2 Å². The zero-order valence-corrected chi connectivity index (χ0v) is 9.16. The van der Waals surface area contributed by atoms with Crippen LogP contribution in [-0.2, 0) is 14.3 Å². The van der Waals surface area contributed by atoms with E-state index in [2.05, 4.69) is 19.9 Å². The van der Waals surface area contributed by atoms with Gasteiger partial charge >= 0.3 is 0 Å². The van der Waals surface area contributed by atoms with Crippen molar-refractivity contribution < 1.29 is 14.3 Å². The molecule has 3 heteroatoms. The summed E-state index contributed by atoms with van der Waals surface area (Å²) in [6.07, 6.45) is 4.61. The average molecular weight is 208 g/mol. The Hall–Kier alpha value is -0.670. The highest BCUT2D eigenvalue weighted by Gasteiger charge is 2.63. The van der Waals surface area contributed by atoms with E-state index in [-0.39, 0.29) is 22.7 Å². The molecule has 3 nitrogen and oxygen atoms in total. The van der Waals surface area contributed by atoms with E-state index in [0.29, 0.717) is 19.3 Å². The number of allylic oxidation sites excluding steroid dienone is 2. The van der Waals surface area contributed by atoms with Gasteiger partial charge in [-0.2, -0.15) is 0 Å². The fraction of sp³-hybridized carbons (Fsp3) is 0.750. The predicted octanol–water partition coefficient (Wildman–Crippen LogP) is 1.53. The molecular formula is C12H16O3. The van der Waals surface area contributed by atoms with Gasteiger partial charge in [0.25, 0.3) is 0 Å². The number of carbonyl (C=O) groups is 1. The standard InChI is InChI=1S/C12H16O3/c1-11(2)9-3-4-10(13)8(9)5-12(11)6-14-7-15-12/h3-4,8-9H,5-7H2,1-2H3. The first-order valence-corrected chi connectivity index (χ1v) is 5.51. The second-order valence-electron chi connectivity index (χ2n) is 5.42. The van der Waals surface area contributed by atoms with Crippen molar-refractivity contribution in [3.05, 3.63) is 12.2 Å². The van der Waals surface area contributed by atoms with Gasteiger partial charge < -0.3 is 9.47 Å². The molecule has 2 aliphatic carbocycles. The molecule has 1 saturated carbocycles. The van der Waals surface area contributed by atoms with Crippen molar-refractivity contribution >= 4 is 5.78 Å².